The summed E-state index contributed by atoms with van der Waals surface area (Å²) in [5.41, 5.74) is 2.60. The van der Waals surface area contributed by atoms with E-state index in [0.29, 0.717) is 59.2 Å². The monoisotopic (exact) mass is 618 g/mol. The van der Waals surface area contributed by atoms with Gasteiger partial charge in [0.25, 0.3) is 10.0 Å². The van der Waals surface area contributed by atoms with Crippen LogP contribution in [0.4, 0.5) is 26.1 Å². The average molecular weight is 619 g/mol. The van der Waals surface area contributed by atoms with Gasteiger partial charge in [0.2, 0.25) is 6.43 Å². The van der Waals surface area contributed by atoms with Crippen molar-refractivity contribution in [1.29, 1.82) is 0 Å². The first-order valence-corrected chi connectivity index (χ1v) is 15.2. The van der Waals surface area contributed by atoms with Crippen molar-refractivity contribution in [3.63, 3.8) is 0 Å². The van der Waals surface area contributed by atoms with Crippen LogP contribution < -0.4 is 24.2 Å². The van der Waals surface area contributed by atoms with E-state index in [1.165, 1.54) is 21.3 Å². The Morgan fingerprint density at radius 2 is 1.77 bits per heavy atom. The van der Waals surface area contributed by atoms with Crippen LogP contribution in [0.3, 0.4) is 0 Å². The molecule has 3 N–H and O–H groups in total. The number of likely N-dealkylation sites (tertiary alicyclic amines) is 1. The van der Waals surface area contributed by atoms with Crippen LogP contribution in [0.25, 0.3) is 11.0 Å². The highest BCUT2D eigenvalue weighted by molar-refractivity contribution is 7.93. The zero-order chi connectivity index (χ0) is 30.3. The number of hydrogen-bond donors (Lipinski definition) is 3. The van der Waals surface area contributed by atoms with E-state index in [1.54, 1.807) is 24.3 Å². The molecule has 1 aliphatic heterocycles. The molecule has 4 aromatic rings. The lowest BCUT2D eigenvalue weighted by Gasteiger charge is -2.19. The predicted molar refractivity (Wildman–Crippen MR) is 154 cm³/mol. The number of halogens is 2. The van der Waals surface area contributed by atoms with Gasteiger partial charge in [-0.25, -0.2) is 17.2 Å². The molecule has 1 saturated carbocycles. The maximum absolute atomic E-state index is 13.7. The van der Waals surface area contributed by atoms with Gasteiger partial charge < -0.3 is 24.1 Å². The minimum Gasteiger partial charge on any atom is -0.495 e. The number of rotatable bonds is 12. The number of fused-ring (bicyclic) bond motifs is 1. The number of aromatic amines is 1. The minimum atomic E-state index is -4.31. The molecule has 2 aliphatic rings. The second-order valence-corrected chi connectivity index (χ2v) is 12.4. The van der Waals surface area contributed by atoms with Crippen molar-refractivity contribution in [3.8, 4) is 17.2 Å². The smallest absolute Gasteiger partial charge is 0.270 e. The number of sulfonamides is 1. The van der Waals surface area contributed by atoms with Gasteiger partial charge in [0.05, 0.1) is 32.4 Å². The molecule has 2 fully saturated rings. The number of nitrogens with one attached hydrogen (secondary N) is 3. The van der Waals surface area contributed by atoms with Gasteiger partial charge in [-0.05, 0) is 49.6 Å². The number of ether oxygens (including phenoxy) is 3. The molecule has 3 heterocycles. The highest BCUT2D eigenvalue weighted by atomic mass is 32.2. The number of nitrogens with zero attached hydrogens (tertiary/aromatic N) is 3. The van der Waals surface area contributed by atoms with Crippen LogP contribution in [0.1, 0.15) is 36.4 Å². The van der Waals surface area contributed by atoms with E-state index in [2.05, 4.69) is 25.4 Å². The van der Waals surface area contributed by atoms with E-state index < -0.39 is 22.4 Å². The number of H-pyrrole nitrogens is 1. The van der Waals surface area contributed by atoms with Crippen LogP contribution in [0.5, 0.6) is 17.2 Å². The average Bonchev–Trinajstić information content (AvgIpc) is 3.35. The normalized spacial score (nSPS) is 17.5. The third-order valence-electron chi connectivity index (χ3n) is 7.76. The van der Waals surface area contributed by atoms with Crippen LogP contribution in [-0.2, 0) is 16.6 Å². The Kier molecular flexibility index (Phi) is 7.77. The molecule has 0 radical (unpaired) electrons. The highest BCUT2D eigenvalue weighted by Crippen LogP contribution is 2.42. The summed E-state index contributed by atoms with van der Waals surface area (Å²) in [5.74, 6) is 0.876. The van der Waals surface area contributed by atoms with Gasteiger partial charge in [-0.3, -0.25) is 14.7 Å². The first kappa shape index (κ1) is 29.0. The third kappa shape index (κ3) is 5.91. The molecule has 1 saturated heterocycles. The summed E-state index contributed by atoms with van der Waals surface area (Å²) in [6.07, 6.45) is 0.302. The number of hydrogen-bond acceptors (Lipinski definition) is 10. The Bertz CT molecular complexity index is 1710. The summed E-state index contributed by atoms with van der Waals surface area (Å²) in [5, 5.41) is 14.9. The summed E-state index contributed by atoms with van der Waals surface area (Å²) in [4.78, 5) is 1.66. The molecule has 0 bridgehead atoms. The second kappa shape index (κ2) is 11.5. The number of alkyl halides is 2. The molecule has 0 spiro atoms. The molecule has 2 aromatic carbocycles. The molecule has 0 amide bonds. The second-order valence-electron chi connectivity index (χ2n) is 10.7. The molecule has 6 rings (SSSR count). The lowest BCUT2D eigenvalue weighted by atomic mass is 10.1. The molecule has 12 nitrogen and oxygen atoms in total. The molecule has 1 atom stereocenters. The van der Waals surface area contributed by atoms with Crippen molar-refractivity contribution in [1.82, 2.24) is 20.3 Å². The summed E-state index contributed by atoms with van der Waals surface area (Å²) >= 11 is 0. The van der Waals surface area contributed by atoms with Gasteiger partial charge in [-0.2, -0.15) is 5.10 Å². The van der Waals surface area contributed by atoms with E-state index in [4.69, 9.17) is 18.7 Å². The predicted octanol–water partition coefficient (Wildman–Crippen LogP) is 5.09. The zero-order valence-electron chi connectivity index (χ0n) is 23.8. The van der Waals surface area contributed by atoms with E-state index in [0.717, 1.165) is 18.5 Å². The van der Waals surface area contributed by atoms with Gasteiger partial charge in [-0.15, -0.1) is 0 Å². The fraction of sp³-hybridized carbons (Fsp3) is 0.429. The van der Waals surface area contributed by atoms with E-state index in [1.807, 2.05) is 11.0 Å². The Hall–Kier alpha value is -4.11. The van der Waals surface area contributed by atoms with Gasteiger partial charge >= 0.3 is 0 Å². The van der Waals surface area contributed by atoms with Gasteiger partial charge in [0.15, 0.2) is 22.1 Å². The lowest BCUT2D eigenvalue weighted by molar-refractivity contribution is 0.0803. The number of aromatic nitrogens is 3. The van der Waals surface area contributed by atoms with Crippen molar-refractivity contribution in [3.05, 3.63) is 41.6 Å². The summed E-state index contributed by atoms with van der Waals surface area (Å²) < 4.78 is 78.1. The van der Waals surface area contributed by atoms with Gasteiger partial charge in [0, 0.05) is 42.8 Å². The summed E-state index contributed by atoms with van der Waals surface area (Å²) in [6.45, 7) is 1.12. The fourth-order valence-electron chi connectivity index (χ4n) is 5.39. The van der Waals surface area contributed by atoms with Crippen molar-refractivity contribution in [2.45, 2.75) is 43.0 Å². The fourth-order valence-corrected chi connectivity index (χ4v) is 6.70. The lowest BCUT2D eigenvalue weighted by Crippen LogP contribution is -2.22. The zero-order valence-corrected chi connectivity index (χ0v) is 24.6. The number of benzene rings is 2. The first-order valence-electron chi connectivity index (χ1n) is 13.8. The molecule has 2 aromatic heterocycles. The molecule has 0 unspecified atom stereocenters. The number of anilines is 3. The summed E-state index contributed by atoms with van der Waals surface area (Å²) in [6, 6.07) is 8.34. The van der Waals surface area contributed by atoms with Crippen LogP contribution in [0.2, 0.25) is 0 Å². The van der Waals surface area contributed by atoms with Gasteiger partial charge in [0.1, 0.15) is 17.2 Å². The minimum absolute atomic E-state index is 0.0351. The molecular weight excluding hydrogens is 586 g/mol. The molecule has 230 valence electrons. The van der Waals surface area contributed by atoms with Crippen LogP contribution in [0, 0.1) is 5.92 Å². The quantitative estimate of drug-likeness (QED) is 0.197. The van der Waals surface area contributed by atoms with E-state index >= 15 is 0 Å². The Labute approximate surface area is 246 Å². The maximum atomic E-state index is 13.7. The standard InChI is InChI=1S/C28H32F2N6O6S/c1-39-22-10-18-21(11-20(22)31-25-12-19(32-33-25)16-4-5-16)42-34-28(18)35-43(37,38)26-23(40-2)8-15(9-24(26)41-3)13-36-7-6-17(14-36)27(29)30/h8-12,16-17,27H,4-7,13-14H2,1-3H3,(H,34,35)(H2,31,32,33)/t17-/m1/s1. The maximum Gasteiger partial charge on any atom is 0.270 e. The Balaban J connectivity index is 1.26. The van der Waals surface area contributed by atoms with Crippen molar-refractivity contribution in [2.75, 3.05) is 44.5 Å². The van der Waals surface area contributed by atoms with Crippen LogP contribution >= 0.6 is 0 Å². The Morgan fingerprint density at radius 1 is 1.05 bits per heavy atom. The van der Waals surface area contributed by atoms with Crippen LogP contribution in [-0.4, -0.2) is 69.5 Å². The third-order valence-corrected chi connectivity index (χ3v) is 9.16. The van der Waals surface area contributed by atoms with E-state index in [-0.39, 0.29) is 28.8 Å². The summed E-state index contributed by atoms with van der Waals surface area (Å²) in [7, 11) is -0.120. The Morgan fingerprint density at radius 3 is 2.40 bits per heavy atom. The molecular formula is C28H32F2N6O6S. The first-order chi connectivity index (χ1) is 20.7. The van der Waals surface area contributed by atoms with Crippen molar-refractivity contribution >= 4 is 38.3 Å². The molecule has 15 heteroatoms. The van der Waals surface area contributed by atoms with Gasteiger partial charge in [-0.1, -0.05) is 5.16 Å². The highest BCUT2D eigenvalue weighted by Gasteiger charge is 2.32. The van der Waals surface area contributed by atoms with Crippen molar-refractivity contribution in [2.24, 2.45) is 5.92 Å². The van der Waals surface area contributed by atoms with Crippen LogP contribution in [0.15, 0.2) is 39.8 Å². The van der Waals surface area contributed by atoms with Crippen molar-refractivity contribution < 1.29 is 35.9 Å². The van der Waals surface area contributed by atoms with E-state index in [9.17, 15) is 17.2 Å². The topological polar surface area (TPSA) is 144 Å². The molecule has 1 aliphatic carbocycles. The number of methoxy groups -OCH3 is 3. The molecule has 43 heavy (non-hydrogen) atoms. The largest absolute Gasteiger partial charge is 0.495 e. The SMILES string of the molecule is COc1cc2c(NS(=O)(=O)c3c(OC)cc(CN4CC[C@@H](C(F)F)C4)cc3OC)noc2cc1Nc1cc(C2CC2)[nH]n1.